The number of carbonyl (C=O) groups excluding carboxylic acids is 1. The molecule has 0 saturated carbocycles. The van der Waals surface area contributed by atoms with Crippen LogP contribution in [0.15, 0.2) is 82.2 Å². The van der Waals surface area contributed by atoms with Crippen LogP contribution >= 0.6 is 0 Å². The number of aryl methyl sites for hydroxylation is 2. The quantitative estimate of drug-likeness (QED) is 0.354. The molecule has 0 aliphatic rings. The molecule has 180 valence electrons. The summed E-state index contributed by atoms with van der Waals surface area (Å²) in [6, 6.07) is 20.2. The maximum atomic E-state index is 12.5. The standard InChI is InChI=1S/C25H24N4O5S/c1-17-3-13-22(14-4-17)35(31,32)29-20-9-7-19(8-10-20)26-23(30)15-16-24-27-25(28-34-24)18-5-11-21(33-2)12-6-18/h3-14,29H,15-16H2,1-2H3,(H,26,30). The van der Waals surface area contributed by atoms with Crippen molar-refractivity contribution >= 4 is 27.3 Å². The normalized spacial score (nSPS) is 11.1. The van der Waals surface area contributed by atoms with E-state index in [0.29, 0.717) is 23.1 Å². The lowest BCUT2D eigenvalue weighted by molar-refractivity contribution is -0.116. The highest BCUT2D eigenvalue weighted by Gasteiger charge is 2.14. The Hall–Kier alpha value is -4.18. The lowest BCUT2D eigenvalue weighted by atomic mass is 10.2. The second kappa shape index (κ2) is 10.4. The van der Waals surface area contributed by atoms with E-state index < -0.39 is 10.0 Å². The molecule has 0 aliphatic carbocycles. The van der Waals surface area contributed by atoms with Crippen LogP contribution < -0.4 is 14.8 Å². The van der Waals surface area contributed by atoms with E-state index in [1.165, 1.54) is 0 Å². The molecule has 0 unspecified atom stereocenters. The van der Waals surface area contributed by atoms with Crippen LogP contribution in [0.1, 0.15) is 17.9 Å². The first-order valence-corrected chi connectivity index (χ1v) is 12.3. The highest BCUT2D eigenvalue weighted by molar-refractivity contribution is 7.92. The van der Waals surface area contributed by atoms with Crippen molar-refractivity contribution < 1.29 is 22.5 Å². The van der Waals surface area contributed by atoms with Crippen molar-refractivity contribution in [1.82, 2.24) is 10.1 Å². The zero-order valence-electron chi connectivity index (χ0n) is 19.2. The lowest BCUT2D eigenvalue weighted by Crippen LogP contribution is -2.14. The number of methoxy groups -OCH3 is 1. The Kier molecular flexibility index (Phi) is 7.11. The van der Waals surface area contributed by atoms with Gasteiger partial charge in [0.15, 0.2) is 0 Å². The Morgan fingerprint density at radius 1 is 0.943 bits per heavy atom. The second-order valence-corrected chi connectivity index (χ2v) is 9.47. The van der Waals surface area contributed by atoms with E-state index in [1.807, 2.05) is 19.1 Å². The summed E-state index contributed by atoms with van der Waals surface area (Å²) in [4.78, 5) is 16.8. The van der Waals surface area contributed by atoms with Crippen LogP contribution in [0, 0.1) is 6.92 Å². The van der Waals surface area contributed by atoms with Gasteiger partial charge in [0.25, 0.3) is 10.0 Å². The van der Waals surface area contributed by atoms with Gasteiger partial charge in [-0.1, -0.05) is 22.9 Å². The van der Waals surface area contributed by atoms with Gasteiger partial charge in [0.1, 0.15) is 5.75 Å². The molecule has 4 aromatic rings. The Morgan fingerprint density at radius 2 is 1.60 bits per heavy atom. The number of sulfonamides is 1. The topological polar surface area (TPSA) is 123 Å². The second-order valence-electron chi connectivity index (χ2n) is 7.78. The van der Waals surface area contributed by atoms with Crippen LogP contribution in [0.3, 0.4) is 0 Å². The van der Waals surface area contributed by atoms with E-state index in [9.17, 15) is 13.2 Å². The molecule has 0 aliphatic heterocycles. The molecule has 3 aromatic carbocycles. The minimum atomic E-state index is -3.69. The molecule has 0 fully saturated rings. The Labute approximate surface area is 203 Å². The predicted molar refractivity (Wildman–Crippen MR) is 132 cm³/mol. The maximum absolute atomic E-state index is 12.5. The van der Waals surface area contributed by atoms with E-state index in [2.05, 4.69) is 20.2 Å². The number of nitrogens with zero attached hydrogens (tertiary/aromatic N) is 2. The third-order valence-electron chi connectivity index (χ3n) is 5.13. The third-order valence-corrected chi connectivity index (χ3v) is 6.53. The summed E-state index contributed by atoms with van der Waals surface area (Å²) in [7, 11) is -2.10. The van der Waals surface area contributed by atoms with Gasteiger partial charge in [0.2, 0.25) is 17.6 Å². The van der Waals surface area contributed by atoms with Crippen molar-refractivity contribution in [2.24, 2.45) is 0 Å². The van der Waals surface area contributed by atoms with E-state index in [1.54, 1.807) is 67.8 Å². The molecule has 35 heavy (non-hydrogen) atoms. The number of amides is 1. The summed E-state index contributed by atoms with van der Waals surface area (Å²) in [5, 5.41) is 6.73. The van der Waals surface area contributed by atoms with Crippen molar-refractivity contribution in [3.8, 4) is 17.1 Å². The molecular formula is C25H24N4O5S. The first-order valence-electron chi connectivity index (χ1n) is 10.8. The van der Waals surface area contributed by atoms with Gasteiger partial charge >= 0.3 is 0 Å². The highest BCUT2D eigenvalue weighted by atomic mass is 32.2. The number of aromatic nitrogens is 2. The zero-order valence-corrected chi connectivity index (χ0v) is 20.0. The van der Waals surface area contributed by atoms with Crippen LogP contribution in [0.4, 0.5) is 11.4 Å². The number of rotatable bonds is 9. The summed E-state index contributed by atoms with van der Waals surface area (Å²) in [5.74, 6) is 1.28. The average molecular weight is 493 g/mol. The smallest absolute Gasteiger partial charge is 0.261 e. The number of ether oxygens (including phenoxy) is 1. The number of hydrogen-bond acceptors (Lipinski definition) is 7. The van der Waals surface area contributed by atoms with E-state index in [4.69, 9.17) is 9.26 Å². The summed E-state index contributed by atoms with van der Waals surface area (Å²) < 4.78 is 37.9. The zero-order chi connectivity index (χ0) is 24.8. The Bertz CT molecular complexity index is 1400. The lowest BCUT2D eigenvalue weighted by Gasteiger charge is -2.10. The average Bonchev–Trinajstić information content (AvgIpc) is 3.33. The molecule has 4 rings (SSSR count). The molecule has 0 bridgehead atoms. The van der Waals surface area contributed by atoms with Crippen molar-refractivity contribution in [1.29, 1.82) is 0 Å². The summed E-state index contributed by atoms with van der Waals surface area (Å²) >= 11 is 0. The van der Waals surface area contributed by atoms with Gasteiger partial charge in [0, 0.05) is 29.8 Å². The van der Waals surface area contributed by atoms with E-state index in [0.717, 1.165) is 16.9 Å². The van der Waals surface area contributed by atoms with Crippen LogP contribution in [0.25, 0.3) is 11.4 Å². The molecule has 0 saturated heterocycles. The van der Waals surface area contributed by atoms with Crippen LogP contribution in [-0.2, 0) is 21.2 Å². The van der Waals surface area contributed by atoms with Gasteiger partial charge in [-0.15, -0.1) is 0 Å². The van der Waals surface area contributed by atoms with Gasteiger partial charge in [-0.25, -0.2) is 8.42 Å². The molecule has 2 N–H and O–H groups in total. The van der Waals surface area contributed by atoms with Crippen molar-refractivity contribution in [2.45, 2.75) is 24.7 Å². The fraction of sp³-hybridized carbons (Fsp3) is 0.160. The molecule has 1 aromatic heterocycles. The fourth-order valence-electron chi connectivity index (χ4n) is 3.21. The van der Waals surface area contributed by atoms with E-state index in [-0.39, 0.29) is 23.6 Å². The molecule has 0 radical (unpaired) electrons. The highest BCUT2D eigenvalue weighted by Crippen LogP contribution is 2.21. The molecule has 0 spiro atoms. The van der Waals surface area contributed by atoms with Crippen molar-refractivity contribution in [3.63, 3.8) is 0 Å². The van der Waals surface area contributed by atoms with Crippen LogP contribution in [0.5, 0.6) is 5.75 Å². The predicted octanol–water partition coefficient (Wildman–Crippen LogP) is 4.43. The van der Waals surface area contributed by atoms with Crippen molar-refractivity contribution in [2.75, 3.05) is 17.1 Å². The number of benzene rings is 3. The van der Waals surface area contributed by atoms with Gasteiger partial charge in [-0.3, -0.25) is 9.52 Å². The summed E-state index contributed by atoms with van der Waals surface area (Å²) in [6.07, 6.45) is 0.426. The molecule has 1 heterocycles. The van der Waals surface area contributed by atoms with Gasteiger partial charge in [-0.2, -0.15) is 4.98 Å². The summed E-state index contributed by atoms with van der Waals surface area (Å²) in [6.45, 7) is 1.89. The minimum Gasteiger partial charge on any atom is -0.497 e. The maximum Gasteiger partial charge on any atom is 0.261 e. The monoisotopic (exact) mass is 492 g/mol. The number of anilines is 2. The largest absolute Gasteiger partial charge is 0.497 e. The molecule has 10 heteroatoms. The first-order chi connectivity index (χ1) is 16.8. The molecule has 0 atom stereocenters. The minimum absolute atomic E-state index is 0.145. The van der Waals surface area contributed by atoms with Gasteiger partial charge < -0.3 is 14.6 Å². The molecule has 1 amide bonds. The van der Waals surface area contributed by atoms with Crippen LogP contribution in [-0.4, -0.2) is 31.6 Å². The number of carbonyl (C=O) groups is 1. The van der Waals surface area contributed by atoms with E-state index >= 15 is 0 Å². The van der Waals surface area contributed by atoms with Gasteiger partial charge in [0.05, 0.1) is 12.0 Å². The van der Waals surface area contributed by atoms with Crippen LogP contribution in [0.2, 0.25) is 0 Å². The third kappa shape index (κ3) is 6.24. The fourth-order valence-corrected chi connectivity index (χ4v) is 4.27. The molecular weight excluding hydrogens is 468 g/mol. The first kappa shape index (κ1) is 24.0. The molecule has 9 nitrogen and oxygen atoms in total. The Morgan fingerprint density at radius 3 is 2.26 bits per heavy atom. The van der Waals surface area contributed by atoms with Crippen molar-refractivity contribution in [3.05, 3.63) is 84.3 Å². The Balaban J connectivity index is 1.29. The number of nitrogens with one attached hydrogen (secondary N) is 2. The number of hydrogen-bond donors (Lipinski definition) is 2. The SMILES string of the molecule is COc1ccc(-c2noc(CCC(=O)Nc3ccc(NS(=O)(=O)c4ccc(C)cc4)cc3)n2)cc1. The van der Waals surface area contributed by atoms with Gasteiger partial charge in [-0.05, 0) is 67.6 Å². The summed E-state index contributed by atoms with van der Waals surface area (Å²) in [5.41, 5.74) is 2.68.